The first-order valence-corrected chi connectivity index (χ1v) is 11.1. The molecular formula is C20H28N4O4S. The molecule has 1 saturated heterocycles. The largest absolute Gasteiger partial charge is 0.338 e. The molecule has 0 unspecified atom stereocenters. The molecule has 1 aromatic carbocycles. The van der Waals surface area contributed by atoms with Crippen LogP contribution in [0.4, 0.5) is 5.88 Å². The van der Waals surface area contributed by atoms with Crippen molar-refractivity contribution in [3.63, 3.8) is 0 Å². The molecule has 0 aliphatic carbocycles. The number of hydrogen-bond donors (Lipinski definition) is 1. The summed E-state index contributed by atoms with van der Waals surface area (Å²) in [5, 5.41) is 6.69. The minimum absolute atomic E-state index is 0.161. The smallest absolute Gasteiger partial charge is 0.243 e. The highest BCUT2D eigenvalue weighted by Gasteiger charge is 2.29. The first-order chi connectivity index (χ1) is 13.6. The monoisotopic (exact) mass is 420 g/mol. The lowest BCUT2D eigenvalue weighted by Gasteiger charge is -2.33. The third-order valence-electron chi connectivity index (χ3n) is 4.90. The summed E-state index contributed by atoms with van der Waals surface area (Å²) in [4.78, 5) is 14.5. The van der Waals surface area contributed by atoms with E-state index in [4.69, 9.17) is 4.52 Å². The van der Waals surface area contributed by atoms with Crippen LogP contribution in [0.15, 0.2) is 39.8 Å². The van der Waals surface area contributed by atoms with E-state index in [2.05, 4.69) is 10.5 Å². The molecule has 1 N–H and O–H groups in total. The van der Waals surface area contributed by atoms with Gasteiger partial charge in [-0.1, -0.05) is 43.6 Å². The number of amides is 1. The quantitative estimate of drug-likeness (QED) is 0.797. The molecule has 1 aliphatic rings. The number of aryl methyl sites for hydroxylation is 1. The maximum atomic E-state index is 12.8. The van der Waals surface area contributed by atoms with Gasteiger partial charge in [-0.25, -0.2) is 8.42 Å². The van der Waals surface area contributed by atoms with Crippen LogP contribution in [0, 0.1) is 6.92 Å². The summed E-state index contributed by atoms with van der Waals surface area (Å²) in [5.74, 6) is 0.108. The highest BCUT2D eigenvalue weighted by Crippen LogP contribution is 2.23. The van der Waals surface area contributed by atoms with E-state index in [0.717, 1.165) is 11.3 Å². The van der Waals surface area contributed by atoms with Gasteiger partial charge in [0.1, 0.15) is 0 Å². The Kier molecular flexibility index (Phi) is 6.11. The fourth-order valence-electron chi connectivity index (χ4n) is 3.05. The van der Waals surface area contributed by atoms with Gasteiger partial charge < -0.3 is 4.52 Å². The second-order valence-electron chi connectivity index (χ2n) is 8.37. The van der Waals surface area contributed by atoms with Crippen LogP contribution in [0.25, 0.3) is 0 Å². The van der Waals surface area contributed by atoms with Crippen molar-refractivity contribution in [1.29, 1.82) is 0 Å². The highest BCUT2D eigenvalue weighted by molar-refractivity contribution is 7.89. The highest BCUT2D eigenvalue weighted by atomic mass is 32.2. The van der Waals surface area contributed by atoms with Crippen molar-refractivity contribution in [2.45, 2.75) is 38.0 Å². The lowest BCUT2D eigenvalue weighted by molar-refractivity contribution is -0.117. The predicted octanol–water partition coefficient (Wildman–Crippen LogP) is 2.23. The van der Waals surface area contributed by atoms with Gasteiger partial charge in [-0.05, 0) is 19.1 Å². The van der Waals surface area contributed by atoms with Gasteiger partial charge in [-0.3, -0.25) is 15.0 Å². The molecule has 1 amide bonds. The second-order valence-corrected chi connectivity index (χ2v) is 10.3. The van der Waals surface area contributed by atoms with E-state index in [-0.39, 0.29) is 17.9 Å². The van der Waals surface area contributed by atoms with Crippen molar-refractivity contribution in [2.24, 2.45) is 0 Å². The lowest BCUT2D eigenvalue weighted by Crippen LogP contribution is -2.50. The Morgan fingerprint density at radius 2 is 1.76 bits per heavy atom. The number of piperazine rings is 1. The molecule has 158 valence electrons. The first kappa shape index (κ1) is 21.5. The number of benzene rings is 1. The third kappa shape index (κ3) is 5.23. The summed E-state index contributed by atoms with van der Waals surface area (Å²) in [5.41, 5.74) is 1.62. The number of hydrogen-bond acceptors (Lipinski definition) is 6. The van der Waals surface area contributed by atoms with Gasteiger partial charge in [0.2, 0.25) is 21.8 Å². The lowest BCUT2D eigenvalue weighted by atomic mass is 9.92. The molecule has 0 radical (unpaired) electrons. The van der Waals surface area contributed by atoms with Gasteiger partial charge in [0.25, 0.3) is 0 Å². The number of carbonyl (C=O) groups excluding carboxylic acids is 1. The van der Waals surface area contributed by atoms with Crippen molar-refractivity contribution in [2.75, 3.05) is 38.0 Å². The molecule has 8 nitrogen and oxygen atoms in total. The van der Waals surface area contributed by atoms with E-state index in [9.17, 15) is 13.2 Å². The molecular weight excluding hydrogens is 392 g/mol. The molecule has 0 saturated carbocycles. The maximum Gasteiger partial charge on any atom is 0.243 e. The maximum absolute atomic E-state index is 12.8. The Bertz CT molecular complexity index is 953. The summed E-state index contributed by atoms with van der Waals surface area (Å²) < 4.78 is 32.2. The fourth-order valence-corrected chi connectivity index (χ4v) is 4.48. The topological polar surface area (TPSA) is 95.8 Å². The Morgan fingerprint density at radius 1 is 1.14 bits per heavy atom. The Hall–Kier alpha value is -2.23. The van der Waals surface area contributed by atoms with Crippen LogP contribution in [-0.4, -0.2) is 61.4 Å². The van der Waals surface area contributed by atoms with Gasteiger partial charge in [0.15, 0.2) is 0 Å². The van der Waals surface area contributed by atoms with Crippen LogP contribution in [0.3, 0.4) is 0 Å². The number of nitrogens with zero attached hydrogens (tertiary/aromatic N) is 3. The van der Waals surface area contributed by atoms with Crippen LogP contribution in [0.1, 0.15) is 32.0 Å². The van der Waals surface area contributed by atoms with Gasteiger partial charge in [0, 0.05) is 37.7 Å². The summed E-state index contributed by atoms with van der Waals surface area (Å²) in [6.07, 6.45) is 0. The van der Waals surface area contributed by atoms with E-state index in [1.165, 1.54) is 4.31 Å². The zero-order chi connectivity index (χ0) is 21.2. The molecule has 29 heavy (non-hydrogen) atoms. The Balaban J connectivity index is 1.52. The van der Waals surface area contributed by atoms with Crippen molar-refractivity contribution in [1.82, 2.24) is 14.4 Å². The number of aromatic nitrogens is 1. The molecule has 3 rings (SSSR count). The minimum atomic E-state index is -3.51. The van der Waals surface area contributed by atoms with Crippen LogP contribution in [0.5, 0.6) is 0 Å². The minimum Gasteiger partial charge on any atom is -0.338 e. The average Bonchev–Trinajstić information content (AvgIpc) is 3.11. The molecule has 0 atom stereocenters. The van der Waals surface area contributed by atoms with Crippen LogP contribution >= 0.6 is 0 Å². The second kappa shape index (κ2) is 8.25. The Morgan fingerprint density at radius 3 is 2.31 bits per heavy atom. The average molecular weight is 421 g/mol. The number of nitrogens with one attached hydrogen (secondary N) is 1. The van der Waals surface area contributed by atoms with E-state index < -0.39 is 10.0 Å². The van der Waals surface area contributed by atoms with Gasteiger partial charge in [0.05, 0.1) is 17.1 Å². The molecule has 2 aromatic rings. The zero-order valence-electron chi connectivity index (χ0n) is 17.3. The van der Waals surface area contributed by atoms with Crippen molar-refractivity contribution in [3.05, 3.63) is 41.6 Å². The molecule has 1 aliphatic heterocycles. The number of carbonyl (C=O) groups is 1. The zero-order valence-corrected chi connectivity index (χ0v) is 18.1. The van der Waals surface area contributed by atoms with Gasteiger partial charge in [-0.2, -0.15) is 4.31 Å². The van der Waals surface area contributed by atoms with Crippen LogP contribution in [0.2, 0.25) is 0 Å². The number of anilines is 1. The Labute approximate surface area is 171 Å². The van der Waals surface area contributed by atoms with E-state index in [1.807, 2.05) is 32.6 Å². The number of rotatable bonds is 5. The van der Waals surface area contributed by atoms with Crippen molar-refractivity contribution >= 4 is 21.8 Å². The normalized spacial score (nSPS) is 16.7. The molecule has 0 bridgehead atoms. The summed E-state index contributed by atoms with van der Waals surface area (Å²) >= 11 is 0. The SMILES string of the molecule is Cc1ccc(S(=O)(=O)N2CCN(CC(=O)Nc3cc(C(C)(C)C)no3)CC2)cc1. The summed E-state index contributed by atoms with van der Waals surface area (Å²) in [6.45, 7) is 9.80. The molecule has 1 fully saturated rings. The fraction of sp³-hybridized carbons (Fsp3) is 0.500. The molecule has 1 aromatic heterocycles. The summed E-state index contributed by atoms with van der Waals surface area (Å²) in [7, 11) is -3.51. The standard InChI is InChI=1S/C20H28N4O4S/c1-15-5-7-16(8-6-15)29(26,27)24-11-9-23(10-12-24)14-18(25)21-19-13-17(22-28-19)20(2,3)4/h5-8,13H,9-12,14H2,1-4H3,(H,21,25). The van der Waals surface area contributed by atoms with Crippen molar-refractivity contribution in [3.8, 4) is 0 Å². The van der Waals surface area contributed by atoms with Crippen LogP contribution in [-0.2, 0) is 20.2 Å². The van der Waals surface area contributed by atoms with Gasteiger partial charge >= 0.3 is 0 Å². The molecule has 2 heterocycles. The third-order valence-corrected chi connectivity index (χ3v) is 6.81. The molecule has 9 heteroatoms. The molecule has 0 spiro atoms. The van der Waals surface area contributed by atoms with Crippen LogP contribution < -0.4 is 5.32 Å². The van der Waals surface area contributed by atoms with Gasteiger partial charge in [-0.15, -0.1) is 0 Å². The predicted molar refractivity (Wildman–Crippen MR) is 110 cm³/mol. The number of sulfonamides is 1. The summed E-state index contributed by atoms with van der Waals surface area (Å²) in [6, 6.07) is 8.58. The van der Waals surface area contributed by atoms with Crippen molar-refractivity contribution < 1.29 is 17.7 Å². The van der Waals surface area contributed by atoms with E-state index in [0.29, 0.717) is 37.0 Å². The van der Waals surface area contributed by atoms with E-state index >= 15 is 0 Å². The van der Waals surface area contributed by atoms with E-state index in [1.54, 1.807) is 30.3 Å². The first-order valence-electron chi connectivity index (χ1n) is 9.62.